The minimum atomic E-state index is -0.630. The van der Waals surface area contributed by atoms with Gasteiger partial charge in [-0.3, -0.25) is 0 Å². The quantitative estimate of drug-likeness (QED) is 0.713. The molecule has 0 radical (unpaired) electrons. The fourth-order valence-corrected chi connectivity index (χ4v) is 3.72. The molecule has 6 nitrogen and oxygen atoms in total. The number of aliphatic hydroxyl groups is 1. The maximum absolute atomic E-state index is 10.2. The molecule has 6 heteroatoms. The molecule has 1 fully saturated rings. The molecule has 0 amide bonds. The zero-order valence-corrected chi connectivity index (χ0v) is 13.0. The number of aromatic nitrogens is 4. The Morgan fingerprint density at radius 1 is 1.39 bits per heavy atom. The largest absolute Gasteiger partial charge is 0.385 e. The third-order valence-corrected chi connectivity index (χ3v) is 4.85. The normalized spacial score (nSPS) is 23.2. The first-order valence-electron chi connectivity index (χ1n) is 8.07. The summed E-state index contributed by atoms with van der Waals surface area (Å²) < 4.78 is 2.19. The highest BCUT2D eigenvalue weighted by molar-refractivity contribution is 6.01. The fourth-order valence-electron chi connectivity index (χ4n) is 3.72. The fraction of sp³-hybridized carbons (Fsp3) is 0.471. The molecule has 3 aromatic rings. The van der Waals surface area contributed by atoms with Crippen LogP contribution in [0.1, 0.15) is 50.6 Å². The van der Waals surface area contributed by atoms with Gasteiger partial charge >= 0.3 is 0 Å². The van der Waals surface area contributed by atoms with Gasteiger partial charge in [0.2, 0.25) is 6.04 Å². The van der Waals surface area contributed by atoms with Crippen LogP contribution in [0.25, 0.3) is 26.9 Å². The summed E-state index contributed by atoms with van der Waals surface area (Å²) in [6.45, 7) is 8.97. The molecule has 3 heterocycles. The Morgan fingerprint density at radius 2 is 2.17 bits per heavy atom. The molecule has 0 aliphatic heterocycles. The number of H-pyrrole nitrogens is 1. The first-order chi connectivity index (χ1) is 11.2. The van der Waals surface area contributed by atoms with Crippen LogP contribution >= 0.6 is 0 Å². The Morgan fingerprint density at radius 3 is 2.87 bits per heavy atom. The van der Waals surface area contributed by atoms with Crippen molar-refractivity contribution in [3.8, 4) is 0 Å². The van der Waals surface area contributed by atoms with Gasteiger partial charge in [-0.05, 0) is 25.8 Å². The van der Waals surface area contributed by atoms with Gasteiger partial charge in [-0.25, -0.2) is 16.5 Å². The lowest BCUT2D eigenvalue weighted by Crippen LogP contribution is -2.21. The average Bonchev–Trinajstić information content (AvgIpc) is 3.18. The molecule has 0 aromatic carbocycles. The van der Waals surface area contributed by atoms with Crippen LogP contribution in [0.2, 0.25) is 0 Å². The van der Waals surface area contributed by atoms with Crippen molar-refractivity contribution in [3.05, 3.63) is 35.7 Å². The molecule has 4 rings (SSSR count). The second-order valence-corrected chi connectivity index (χ2v) is 6.34. The van der Waals surface area contributed by atoms with Gasteiger partial charge in [-0.1, -0.05) is 0 Å². The third-order valence-electron chi connectivity index (χ3n) is 4.85. The van der Waals surface area contributed by atoms with E-state index in [1.165, 1.54) is 0 Å². The summed E-state index contributed by atoms with van der Waals surface area (Å²) in [7, 11) is 0. The van der Waals surface area contributed by atoms with Crippen molar-refractivity contribution in [1.82, 2.24) is 19.5 Å². The van der Waals surface area contributed by atoms with Crippen molar-refractivity contribution in [1.29, 1.82) is 0 Å². The average molecular weight is 309 g/mol. The van der Waals surface area contributed by atoms with Crippen molar-refractivity contribution >= 4 is 22.1 Å². The van der Waals surface area contributed by atoms with Crippen molar-refractivity contribution in [2.75, 3.05) is 0 Å². The van der Waals surface area contributed by atoms with E-state index in [1.54, 1.807) is 13.1 Å². The molecule has 0 unspecified atom stereocenters. The number of hydrogen-bond acceptors (Lipinski definition) is 3. The highest BCUT2D eigenvalue weighted by atomic mass is 16.3. The van der Waals surface area contributed by atoms with Crippen LogP contribution in [-0.2, 0) is 0 Å². The van der Waals surface area contributed by atoms with Crippen LogP contribution in [0.4, 0.5) is 0 Å². The Bertz CT molecular complexity index is 893. The molecule has 118 valence electrons. The van der Waals surface area contributed by atoms with E-state index in [9.17, 15) is 5.11 Å². The molecule has 0 saturated heterocycles. The molecule has 1 saturated carbocycles. The van der Waals surface area contributed by atoms with E-state index in [0.29, 0.717) is 5.82 Å². The lowest BCUT2D eigenvalue weighted by molar-refractivity contribution is 0.178. The minimum Gasteiger partial charge on any atom is -0.385 e. The molecule has 3 aromatic heterocycles. The van der Waals surface area contributed by atoms with E-state index in [0.717, 1.165) is 47.8 Å². The lowest BCUT2D eigenvalue weighted by atomic mass is 9.91. The molecular formula is C17H19N5O. The second-order valence-electron chi connectivity index (χ2n) is 6.34. The predicted molar refractivity (Wildman–Crippen MR) is 87.9 cm³/mol. The predicted octanol–water partition coefficient (Wildman–Crippen LogP) is 3.37. The number of rotatable bonds is 2. The van der Waals surface area contributed by atoms with Crippen LogP contribution in [0.15, 0.2) is 18.5 Å². The smallest absolute Gasteiger partial charge is 0.223 e. The van der Waals surface area contributed by atoms with Gasteiger partial charge in [0.1, 0.15) is 23.1 Å². The topological polar surface area (TPSA) is 71.1 Å². The highest BCUT2D eigenvalue weighted by Gasteiger charge is 2.29. The molecule has 23 heavy (non-hydrogen) atoms. The first kappa shape index (κ1) is 14.2. The van der Waals surface area contributed by atoms with E-state index < -0.39 is 6.10 Å². The van der Waals surface area contributed by atoms with Gasteiger partial charge < -0.3 is 19.5 Å². The van der Waals surface area contributed by atoms with E-state index in [4.69, 9.17) is 6.57 Å². The summed E-state index contributed by atoms with van der Waals surface area (Å²) in [4.78, 5) is 15.9. The molecular weight excluding hydrogens is 290 g/mol. The minimum absolute atomic E-state index is 0.143. The standard InChI is InChI=1S/C17H19N5O/c1-10(23)17-21-14-9-20-16-13(7-8-19-16)15(14)22(17)12-5-3-11(18-2)4-6-12/h7-12,23H,3-6H2,1H3,(H,19,20)/t10-,11?,12?/m1/s1. The summed E-state index contributed by atoms with van der Waals surface area (Å²) in [5.41, 5.74) is 2.70. The van der Waals surface area contributed by atoms with Crippen molar-refractivity contribution in [3.63, 3.8) is 0 Å². The second kappa shape index (κ2) is 5.36. The molecule has 0 bridgehead atoms. The maximum Gasteiger partial charge on any atom is 0.223 e. The molecule has 2 N–H and O–H groups in total. The van der Waals surface area contributed by atoms with Gasteiger partial charge in [0, 0.05) is 30.5 Å². The Balaban J connectivity index is 1.90. The Labute approximate surface area is 134 Å². The van der Waals surface area contributed by atoms with Gasteiger partial charge in [0.25, 0.3) is 0 Å². The van der Waals surface area contributed by atoms with Gasteiger partial charge in [0.15, 0.2) is 0 Å². The third kappa shape index (κ3) is 2.20. The van der Waals surface area contributed by atoms with E-state index in [1.807, 2.05) is 12.3 Å². The van der Waals surface area contributed by atoms with Crippen molar-refractivity contribution in [2.24, 2.45) is 0 Å². The van der Waals surface area contributed by atoms with Crippen LogP contribution in [0.5, 0.6) is 0 Å². The van der Waals surface area contributed by atoms with Crippen LogP contribution in [0.3, 0.4) is 0 Å². The number of imidazole rings is 1. The number of fused-ring (bicyclic) bond motifs is 3. The van der Waals surface area contributed by atoms with Crippen LogP contribution in [0, 0.1) is 6.57 Å². The van der Waals surface area contributed by atoms with Gasteiger partial charge in [-0.15, -0.1) is 0 Å². The first-order valence-corrected chi connectivity index (χ1v) is 8.07. The van der Waals surface area contributed by atoms with E-state index in [-0.39, 0.29) is 12.1 Å². The number of pyridine rings is 1. The summed E-state index contributed by atoms with van der Waals surface area (Å²) in [5.74, 6) is 0.696. The van der Waals surface area contributed by atoms with Crippen molar-refractivity contribution in [2.45, 2.75) is 50.8 Å². The number of nitrogens with one attached hydrogen (secondary N) is 1. The monoisotopic (exact) mass is 309 g/mol. The van der Waals surface area contributed by atoms with Crippen LogP contribution < -0.4 is 0 Å². The number of aliphatic hydroxyl groups excluding tert-OH is 1. The molecule has 1 aliphatic carbocycles. The summed E-state index contributed by atoms with van der Waals surface area (Å²) in [6.07, 6.45) is 6.74. The Hall–Kier alpha value is -2.39. The summed E-state index contributed by atoms with van der Waals surface area (Å²) in [5, 5.41) is 11.2. The Kier molecular flexibility index (Phi) is 3.31. The SMILES string of the molecule is [C-]#[N+]C1CCC(n2c([C@@H](C)O)nc3cnc4[nH]ccc4c32)CC1. The zero-order chi connectivity index (χ0) is 16.0. The van der Waals surface area contributed by atoms with Gasteiger partial charge in [0.05, 0.1) is 11.7 Å². The van der Waals surface area contributed by atoms with E-state index in [2.05, 4.69) is 24.4 Å². The number of aromatic amines is 1. The highest BCUT2D eigenvalue weighted by Crippen LogP contribution is 2.37. The maximum atomic E-state index is 10.2. The summed E-state index contributed by atoms with van der Waals surface area (Å²) >= 11 is 0. The molecule has 1 atom stereocenters. The van der Waals surface area contributed by atoms with Crippen molar-refractivity contribution < 1.29 is 5.11 Å². The number of hydrogen-bond donors (Lipinski definition) is 2. The summed E-state index contributed by atoms with van der Waals surface area (Å²) in [6, 6.07) is 2.44. The molecule has 1 aliphatic rings. The van der Waals surface area contributed by atoms with Crippen LogP contribution in [-0.4, -0.2) is 30.7 Å². The number of nitrogens with zero attached hydrogens (tertiary/aromatic N) is 4. The van der Waals surface area contributed by atoms with Gasteiger partial charge in [-0.2, -0.15) is 0 Å². The zero-order valence-electron chi connectivity index (χ0n) is 13.0. The van der Waals surface area contributed by atoms with E-state index >= 15 is 0 Å². The molecule has 0 spiro atoms. The lowest BCUT2D eigenvalue weighted by Gasteiger charge is -2.27.